The predicted octanol–water partition coefficient (Wildman–Crippen LogP) is 5.00. The van der Waals surface area contributed by atoms with Crippen LogP contribution in [-0.4, -0.2) is 82.9 Å². The number of piperazine rings is 1. The molecule has 2 saturated heterocycles. The van der Waals surface area contributed by atoms with Crippen LogP contribution in [0.4, 0.5) is 27.7 Å². The third-order valence-corrected chi connectivity index (χ3v) is 7.87. The molecule has 216 valence electrons. The van der Waals surface area contributed by atoms with E-state index in [0.29, 0.717) is 17.1 Å². The van der Waals surface area contributed by atoms with Crippen molar-refractivity contribution in [3.63, 3.8) is 0 Å². The zero-order valence-electron chi connectivity index (χ0n) is 23.8. The van der Waals surface area contributed by atoms with E-state index in [2.05, 4.69) is 54.9 Å². The number of fused-ring (bicyclic) bond motifs is 1. The molecule has 1 aromatic heterocycles. The standard InChI is InChI=1S/C32H36N8O2/c1-38-15-17-39(18-16-38)21-23-7-9-25(10-8-23)36-32(42)37-27-11-12-29-28(20-27)30(34-22-33-29)35-26-6-4-5-24(19-26)31(41)40-13-2-3-14-40/h4-12,19-20,22H,2-3,13-18,21H2,1H3,(H,33,34,35)(H2,36,37,42). The number of amides is 3. The van der Waals surface area contributed by atoms with Crippen molar-refractivity contribution in [3.8, 4) is 0 Å². The summed E-state index contributed by atoms with van der Waals surface area (Å²) in [5.41, 5.74) is 4.70. The highest BCUT2D eigenvalue weighted by atomic mass is 16.2. The number of carbonyl (C=O) groups is 2. The number of carbonyl (C=O) groups excluding carboxylic acids is 2. The summed E-state index contributed by atoms with van der Waals surface area (Å²) in [5, 5.41) is 9.92. The van der Waals surface area contributed by atoms with E-state index in [-0.39, 0.29) is 11.9 Å². The molecule has 10 nitrogen and oxygen atoms in total. The van der Waals surface area contributed by atoms with Crippen molar-refractivity contribution < 1.29 is 9.59 Å². The van der Waals surface area contributed by atoms with E-state index in [1.54, 1.807) is 0 Å². The first-order valence-electron chi connectivity index (χ1n) is 14.5. The van der Waals surface area contributed by atoms with Crippen molar-refractivity contribution >= 4 is 45.7 Å². The molecule has 2 aliphatic heterocycles. The van der Waals surface area contributed by atoms with E-state index < -0.39 is 0 Å². The summed E-state index contributed by atoms with van der Waals surface area (Å²) >= 11 is 0. The number of hydrogen-bond acceptors (Lipinski definition) is 7. The number of rotatable bonds is 7. The number of hydrogen-bond donors (Lipinski definition) is 3. The quantitative estimate of drug-likeness (QED) is 0.290. The van der Waals surface area contributed by atoms with Crippen LogP contribution in [0, 0.1) is 0 Å². The summed E-state index contributed by atoms with van der Waals surface area (Å²) in [7, 11) is 2.16. The van der Waals surface area contributed by atoms with Gasteiger partial charge in [0.05, 0.1) is 5.52 Å². The van der Waals surface area contributed by atoms with Crippen molar-refractivity contribution in [3.05, 3.63) is 84.2 Å². The number of benzene rings is 3. The molecule has 0 spiro atoms. The first-order valence-corrected chi connectivity index (χ1v) is 14.5. The van der Waals surface area contributed by atoms with Gasteiger partial charge in [0.1, 0.15) is 12.1 Å². The number of nitrogens with one attached hydrogen (secondary N) is 3. The van der Waals surface area contributed by atoms with Gasteiger partial charge in [-0.25, -0.2) is 14.8 Å². The third-order valence-electron chi connectivity index (χ3n) is 7.87. The molecule has 42 heavy (non-hydrogen) atoms. The van der Waals surface area contributed by atoms with E-state index in [1.165, 1.54) is 11.9 Å². The highest BCUT2D eigenvalue weighted by Gasteiger charge is 2.20. The maximum Gasteiger partial charge on any atom is 0.323 e. The molecule has 2 aliphatic rings. The number of anilines is 4. The summed E-state index contributed by atoms with van der Waals surface area (Å²) < 4.78 is 0. The van der Waals surface area contributed by atoms with E-state index >= 15 is 0 Å². The maximum absolute atomic E-state index is 12.9. The lowest BCUT2D eigenvalue weighted by molar-refractivity contribution is 0.0793. The van der Waals surface area contributed by atoms with Crippen molar-refractivity contribution in [1.82, 2.24) is 24.7 Å². The Morgan fingerprint density at radius 1 is 0.786 bits per heavy atom. The molecule has 0 aliphatic carbocycles. The van der Waals surface area contributed by atoms with Gasteiger partial charge in [-0.3, -0.25) is 9.69 Å². The van der Waals surface area contributed by atoms with Crippen LogP contribution < -0.4 is 16.0 Å². The lowest BCUT2D eigenvalue weighted by atomic mass is 10.1. The van der Waals surface area contributed by atoms with Crippen LogP contribution in [-0.2, 0) is 6.54 Å². The van der Waals surface area contributed by atoms with Gasteiger partial charge in [0.2, 0.25) is 0 Å². The van der Waals surface area contributed by atoms with Crippen LogP contribution in [0.5, 0.6) is 0 Å². The molecule has 3 amide bonds. The Labute approximate surface area is 245 Å². The van der Waals surface area contributed by atoms with Crippen LogP contribution >= 0.6 is 0 Å². The first kappa shape index (κ1) is 27.6. The molecule has 3 N–H and O–H groups in total. The molecule has 0 unspecified atom stereocenters. The normalized spacial score (nSPS) is 16.0. The van der Waals surface area contributed by atoms with Crippen LogP contribution in [0.15, 0.2) is 73.1 Å². The maximum atomic E-state index is 12.9. The highest BCUT2D eigenvalue weighted by molar-refractivity contribution is 6.02. The van der Waals surface area contributed by atoms with Crippen molar-refractivity contribution in [2.75, 3.05) is 62.3 Å². The molecular weight excluding hydrogens is 528 g/mol. The van der Waals surface area contributed by atoms with Gasteiger partial charge >= 0.3 is 6.03 Å². The zero-order valence-corrected chi connectivity index (χ0v) is 23.8. The topological polar surface area (TPSA) is 106 Å². The Bertz CT molecular complexity index is 1560. The monoisotopic (exact) mass is 564 g/mol. The molecule has 0 bridgehead atoms. The smallest absolute Gasteiger partial charge is 0.323 e. The largest absolute Gasteiger partial charge is 0.340 e. The average molecular weight is 565 g/mol. The van der Waals surface area contributed by atoms with Gasteiger partial charge in [-0.05, 0) is 74.0 Å². The van der Waals surface area contributed by atoms with Crippen molar-refractivity contribution in [1.29, 1.82) is 0 Å². The van der Waals surface area contributed by atoms with Gasteiger partial charge in [-0.1, -0.05) is 18.2 Å². The molecule has 0 atom stereocenters. The summed E-state index contributed by atoms with van der Waals surface area (Å²) in [5.74, 6) is 0.636. The molecule has 2 fully saturated rings. The number of likely N-dealkylation sites (N-methyl/N-ethyl adjacent to an activating group) is 1. The molecule has 0 saturated carbocycles. The number of likely N-dealkylation sites (tertiary alicyclic amines) is 1. The lowest BCUT2D eigenvalue weighted by Crippen LogP contribution is -2.43. The average Bonchev–Trinajstić information content (AvgIpc) is 3.55. The van der Waals surface area contributed by atoms with Gasteiger partial charge in [-0.2, -0.15) is 0 Å². The minimum atomic E-state index is -0.333. The summed E-state index contributed by atoms with van der Waals surface area (Å²) in [4.78, 5) is 41.2. The Balaban J connectivity index is 1.10. The Morgan fingerprint density at radius 3 is 2.31 bits per heavy atom. The lowest BCUT2D eigenvalue weighted by Gasteiger charge is -2.32. The van der Waals surface area contributed by atoms with Crippen LogP contribution in [0.3, 0.4) is 0 Å². The van der Waals surface area contributed by atoms with E-state index in [9.17, 15) is 9.59 Å². The van der Waals surface area contributed by atoms with Crippen LogP contribution in [0.2, 0.25) is 0 Å². The van der Waals surface area contributed by atoms with Gasteiger partial charge in [0, 0.05) is 73.8 Å². The predicted molar refractivity (Wildman–Crippen MR) is 166 cm³/mol. The second-order valence-electron chi connectivity index (χ2n) is 11.0. The number of aromatic nitrogens is 2. The zero-order chi connectivity index (χ0) is 28.9. The highest BCUT2D eigenvalue weighted by Crippen LogP contribution is 2.27. The summed E-state index contributed by atoms with van der Waals surface area (Å²) in [6, 6.07) is 20.6. The van der Waals surface area contributed by atoms with E-state index in [1.807, 2.05) is 59.5 Å². The van der Waals surface area contributed by atoms with Crippen LogP contribution in [0.25, 0.3) is 10.9 Å². The van der Waals surface area contributed by atoms with Gasteiger partial charge in [-0.15, -0.1) is 0 Å². The summed E-state index contributed by atoms with van der Waals surface area (Å²) in [6.45, 7) is 6.83. The molecular formula is C32H36N8O2. The molecule has 3 heterocycles. The fourth-order valence-corrected chi connectivity index (χ4v) is 5.45. The fraction of sp³-hybridized carbons (Fsp3) is 0.312. The minimum Gasteiger partial charge on any atom is -0.340 e. The van der Waals surface area contributed by atoms with Crippen LogP contribution in [0.1, 0.15) is 28.8 Å². The first-order chi connectivity index (χ1) is 20.5. The number of urea groups is 1. The Hall–Kier alpha value is -4.54. The van der Waals surface area contributed by atoms with E-state index in [0.717, 1.165) is 80.9 Å². The Morgan fingerprint density at radius 2 is 1.52 bits per heavy atom. The molecule has 3 aromatic carbocycles. The SMILES string of the molecule is CN1CCN(Cc2ccc(NC(=O)Nc3ccc4ncnc(Nc5cccc(C(=O)N6CCCC6)c5)c4c3)cc2)CC1. The second kappa shape index (κ2) is 12.5. The molecule has 0 radical (unpaired) electrons. The third kappa shape index (κ3) is 6.67. The van der Waals surface area contributed by atoms with Gasteiger partial charge < -0.3 is 25.8 Å². The molecule has 4 aromatic rings. The van der Waals surface area contributed by atoms with Gasteiger partial charge in [0.25, 0.3) is 5.91 Å². The van der Waals surface area contributed by atoms with Crippen molar-refractivity contribution in [2.24, 2.45) is 0 Å². The second-order valence-corrected chi connectivity index (χ2v) is 11.0. The molecule has 6 rings (SSSR count). The van der Waals surface area contributed by atoms with E-state index in [4.69, 9.17) is 0 Å². The summed E-state index contributed by atoms with van der Waals surface area (Å²) in [6.07, 6.45) is 3.60. The van der Waals surface area contributed by atoms with Crippen molar-refractivity contribution in [2.45, 2.75) is 19.4 Å². The number of nitrogens with zero attached hydrogens (tertiary/aromatic N) is 5. The fourth-order valence-electron chi connectivity index (χ4n) is 5.45. The Kier molecular flexibility index (Phi) is 8.25. The molecule has 10 heteroatoms. The minimum absolute atomic E-state index is 0.0471. The van der Waals surface area contributed by atoms with Gasteiger partial charge in [0.15, 0.2) is 0 Å².